The zero-order valence-electron chi connectivity index (χ0n) is 23.9. The van der Waals surface area contributed by atoms with E-state index in [1.54, 1.807) is 0 Å². The maximum Gasteiger partial charge on any atom is 0.181 e. The van der Waals surface area contributed by atoms with Crippen LogP contribution >= 0.6 is 0 Å². The molecule has 1 aliphatic rings. The first-order valence-corrected chi connectivity index (χ1v) is 15.0. The molecule has 0 saturated carbocycles. The maximum absolute atomic E-state index is 6.45. The molecule has 1 aliphatic heterocycles. The number of nitrogens with one attached hydrogen (secondary N) is 1. The molecule has 9 aromatic rings. The molecule has 0 unspecified atom stereocenters. The SMILES string of the molecule is c1ccc(N2c3cccc(c3)-c3cccc4c3[nH]c3c(cccc34)-c3nc(c4oc5ccccc5c4n3)-c3cccc2n3)cc1. The van der Waals surface area contributed by atoms with E-state index in [0.29, 0.717) is 22.8 Å². The number of furan rings is 1. The number of rotatable bonds is 1. The molecule has 5 aromatic carbocycles. The number of aromatic amines is 1. The van der Waals surface area contributed by atoms with Gasteiger partial charge in [0.1, 0.15) is 22.6 Å². The lowest BCUT2D eigenvalue weighted by molar-refractivity contribution is 0.667. The van der Waals surface area contributed by atoms with Crippen molar-refractivity contribution in [3.8, 4) is 33.9 Å². The van der Waals surface area contributed by atoms with E-state index in [2.05, 4.69) is 94.8 Å². The highest BCUT2D eigenvalue weighted by molar-refractivity contribution is 6.15. The van der Waals surface area contributed by atoms with Gasteiger partial charge in [0.05, 0.1) is 16.7 Å². The topological polar surface area (TPSA) is 70.8 Å². The molecule has 8 bridgehead atoms. The molecule has 0 saturated heterocycles. The number of hydrogen-bond donors (Lipinski definition) is 1. The Morgan fingerprint density at radius 3 is 2.16 bits per heavy atom. The van der Waals surface area contributed by atoms with E-state index in [9.17, 15) is 0 Å². The molecule has 6 heteroatoms. The quantitative estimate of drug-likeness (QED) is 0.210. The predicted molar refractivity (Wildman–Crippen MR) is 181 cm³/mol. The van der Waals surface area contributed by atoms with E-state index >= 15 is 0 Å². The van der Waals surface area contributed by atoms with Crippen molar-refractivity contribution in [3.05, 3.63) is 133 Å². The molecular weight excluding hydrogens is 554 g/mol. The summed E-state index contributed by atoms with van der Waals surface area (Å²) in [4.78, 5) is 21.6. The van der Waals surface area contributed by atoms with Gasteiger partial charge in [0.15, 0.2) is 11.4 Å². The van der Waals surface area contributed by atoms with Gasteiger partial charge in [-0.1, -0.05) is 78.9 Å². The van der Waals surface area contributed by atoms with Gasteiger partial charge in [-0.15, -0.1) is 0 Å². The molecule has 6 nitrogen and oxygen atoms in total. The van der Waals surface area contributed by atoms with Gasteiger partial charge in [-0.05, 0) is 60.2 Å². The summed E-state index contributed by atoms with van der Waals surface area (Å²) in [5.41, 5.74) is 10.8. The number of pyridine rings is 1. The summed E-state index contributed by atoms with van der Waals surface area (Å²) in [7, 11) is 0. The highest BCUT2D eigenvalue weighted by Gasteiger charge is 2.23. The summed E-state index contributed by atoms with van der Waals surface area (Å²) in [5.74, 6) is 1.39. The lowest BCUT2D eigenvalue weighted by Gasteiger charge is -2.25. The van der Waals surface area contributed by atoms with Gasteiger partial charge < -0.3 is 9.40 Å². The van der Waals surface area contributed by atoms with Crippen molar-refractivity contribution in [2.75, 3.05) is 4.90 Å². The Morgan fingerprint density at radius 1 is 0.556 bits per heavy atom. The first kappa shape index (κ1) is 24.2. The van der Waals surface area contributed by atoms with Crippen LogP contribution < -0.4 is 4.90 Å². The average molecular weight is 578 g/mol. The van der Waals surface area contributed by atoms with E-state index < -0.39 is 0 Å². The molecule has 4 aromatic heterocycles. The Hall–Kier alpha value is -6.27. The summed E-state index contributed by atoms with van der Waals surface area (Å²) < 4.78 is 6.45. The van der Waals surface area contributed by atoms with E-state index in [0.717, 1.165) is 72.2 Å². The van der Waals surface area contributed by atoms with Gasteiger partial charge in [-0.3, -0.25) is 4.90 Å². The lowest BCUT2D eigenvalue weighted by atomic mass is 10.0. The van der Waals surface area contributed by atoms with E-state index in [-0.39, 0.29) is 0 Å². The third kappa shape index (κ3) is 3.53. The third-order valence-electron chi connectivity index (χ3n) is 8.77. The first-order chi connectivity index (χ1) is 22.3. The highest BCUT2D eigenvalue weighted by atomic mass is 16.3. The normalized spacial score (nSPS) is 12.4. The highest BCUT2D eigenvalue weighted by Crippen LogP contribution is 2.42. The molecule has 1 N–H and O–H groups in total. The number of para-hydroxylation sites is 4. The van der Waals surface area contributed by atoms with Crippen LogP contribution in [0.3, 0.4) is 0 Å². The molecule has 0 atom stereocenters. The van der Waals surface area contributed by atoms with E-state index in [4.69, 9.17) is 19.4 Å². The van der Waals surface area contributed by atoms with Gasteiger partial charge >= 0.3 is 0 Å². The first-order valence-electron chi connectivity index (χ1n) is 15.0. The fraction of sp³-hybridized carbons (Fsp3) is 0. The molecular formula is C39H23N5O. The molecule has 10 rings (SSSR count). The Morgan fingerprint density at radius 2 is 1.27 bits per heavy atom. The molecule has 0 radical (unpaired) electrons. The number of benzene rings is 5. The second-order valence-electron chi connectivity index (χ2n) is 11.4. The largest absolute Gasteiger partial charge is 0.452 e. The Bertz CT molecular complexity index is 2620. The predicted octanol–water partition coefficient (Wildman–Crippen LogP) is 10.2. The fourth-order valence-electron chi connectivity index (χ4n) is 6.74. The summed E-state index contributed by atoms with van der Waals surface area (Å²) in [6.45, 7) is 0. The zero-order valence-corrected chi connectivity index (χ0v) is 23.9. The molecule has 0 fully saturated rings. The van der Waals surface area contributed by atoms with Crippen LogP contribution in [0.1, 0.15) is 0 Å². The van der Waals surface area contributed by atoms with Crippen LogP contribution in [0.4, 0.5) is 17.2 Å². The van der Waals surface area contributed by atoms with Gasteiger partial charge in [0.25, 0.3) is 0 Å². The summed E-state index contributed by atoms with van der Waals surface area (Å²) in [6.07, 6.45) is 0. The van der Waals surface area contributed by atoms with E-state index in [1.165, 1.54) is 0 Å². The summed E-state index contributed by atoms with van der Waals surface area (Å²) in [5, 5.41) is 3.23. The van der Waals surface area contributed by atoms with Crippen LogP contribution in [-0.2, 0) is 0 Å². The van der Waals surface area contributed by atoms with Crippen molar-refractivity contribution in [2.45, 2.75) is 0 Å². The van der Waals surface area contributed by atoms with Gasteiger partial charge in [-0.25, -0.2) is 15.0 Å². The standard InChI is InChI=1S/C39H23N5O/c1-2-11-24(12-3-1)44-25-13-6-10-23(22-25)26-15-7-16-27-28-17-8-18-30(35(28)41-34(26)27)39-42-36-29-14-4-5-20-32(29)45-38(36)37(43-39)31-19-9-21-33(44)40-31/h1-22,41H. The lowest BCUT2D eigenvalue weighted by Crippen LogP contribution is -2.12. The minimum atomic E-state index is 0.616. The van der Waals surface area contributed by atoms with E-state index in [1.807, 2.05) is 48.5 Å². The number of nitrogens with zero attached hydrogens (tertiary/aromatic N) is 4. The average Bonchev–Trinajstić information content (AvgIpc) is 3.67. The van der Waals surface area contributed by atoms with Crippen molar-refractivity contribution >= 4 is 61.1 Å². The minimum Gasteiger partial charge on any atom is -0.452 e. The second-order valence-corrected chi connectivity index (χ2v) is 11.4. The van der Waals surface area contributed by atoms with Crippen LogP contribution in [0, 0.1) is 0 Å². The number of aromatic nitrogens is 4. The van der Waals surface area contributed by atoms with Crippen molar-refractivity contribution in [1.29, 1.82) is 0 Å². The molecule has 0 amide bonds. The van der Waals surface area contributed by atoms with Gasteiger partial charge in [0, 0.05) is 38.7 Å². The third-order valence-corrected chi connectivity index (χ3v) is 8.77. The van der Waals surface area contributed by atoms with Crippen molar-refractivity contribution in [3.63, 3.8) is 0 Å². The zero-order chi connectivity index (χ0) is 29.5. The van der Waals surface area contributed by atoms with Crippen LogP contribution in [0.5, 0.6) is 0 Å². The molecule has 5 heterocycles. The van der Waals surface area contributed by atoms with Crippen LogP contribution in [0.2, 0.25) is 0 Å². The maximum atomic E-state index is 6.45. The van der Waals surface area contributed by atoms with Crippen LogP contribution in [-0.4, -0.2) is 19.9 Å². The number of fused-ring (bicyclic) bond motifs is 14. The monoisotopic (exact) mass is 577 g/mol. The number of H-pyrrole nitrogens is 1. The molecule has 45 heavy (non-hydrogen) atoms. The van der Waals surface area contributed by atoms with Crippen LogP contribution in [0.25, 0.3) is 77.8 Å². The minimum absolute atomic E-state index is 0.616. The van der Waals surface area contributed by atoms with Crippen molar-refractivity contribution in [2.24, 2.45) is 0 Å². The van der Waals surface area contributed by atoms with Crippen molar-refractivity contribution in [1.82, 2.24) is 19.9 Å². The summed E-state index contributed by atoms with van der Waals surface area (Å²) >= 11 is 0. The van der Waals surface area contributed by atoms with Gasteiger partial charge in [-0.2, -0.15) is 0 Å². The Balaban J connectivity index is 1.39. The molecule has 210 valence electrons. The number of anilines is 3. The second kappa shape index (κ2) is 9.11. The number of hydrogen-bond acceptors (Lipinski definition) is 5. The molecule has 0 spiro atoms. The van der Waals surface area contributed by atoms with Gasteiger partial charge in [0.2, 0.25) is 0 Å². The van der Waals surface area contributed by atoms with Crippen molar-refractivity contribution < 1.29 is 4.42 Å². The van der Waals surface area contributed by atoms with Crippen LogP contribution in [0.15, 0.2) is 138 Å². The fourth-order valence-corrected chi connectivity index (χ4v) is 6.74. The summed E-state index contributed by atoms with van der Waals surface area (Å²) in [6, 6.07) is 45.9. The molecule has 0 aliphatic carbocycles. The Kier molecular flexibility index (Phi) is 4.90. The smallest absolute Gasteiger partial charge is 0.181 e. The Labute approximate surface area is 257 Å².